The lowest BCUT2D eigenvalue weighted by Crippen LogP contribution is -2.30. The van der Waals surface area contributed by atoms with E-state index >= 15 is 0 Å². The molecule has 5 heteroatoms. The predicted molar refractivity (Wildman–Crippen MR) is 57.4 cm³/mol. The van der Waals surface area contributed by atoms with E-state index in [4.69, 9.17) is 10.5 Å². The van der Waals surface area contributed by atoms with Crippen LogP contribution >= 0.6 is 0 Å². The first-order valence-corrected chi connectivity index (χ1v) is 4.91. The number of nitrogens with two attached hydrogens (primary N) is 1. The summed E-state index contributed by atoms with van der Waals surface area (Å²) in [5.74, 6) is 0.528. The summed E-state index contributed by atoms with van der Waals surface area (Å²) in [6.45, 7) is 4.10. The first-order chi connectivity index (χ1) is 7.05. The van der Waals surface area contributed by atoms with Crippen molar-refractivity contribution in [2.75, 3.05) is 7.11 Å². The lowest BCUT2D eigenvalue weighted by Gasteiger charge is -2.25. The van der Waals surface area contributed by atoms with Gasteiger partial charge in [-0.2, -0.15) is 0 Å². The molecule has 1 atom stereocenters. The molecule has 1 unspecified atom stereocenters. The minimum absolute atomic E-state index is 0.197. The number of ether oxygens (including phenoxy) is 1. The zero-order valence-electron chi connectivity index (χ0n) is 9.33. The van der Waals surface area contributed by atoms with Crippen molar-refractivity contribution in [2.24, 2.45) is 5.73 Å². The minimum Gasteiger partial charge on any atom is -0.371 e. The highest BCUT2D eigenvalue weighted by atomic mass is 16.5. The second kappa shape index (κ2) is 4.55. The maximum absolute atomic E-state index is 11.3. The van der Waals surface area contributed by atoms with Crippen LogP contribution < -0.4 is 11.3 Å². The van der Waals surface area contributed by atoms with Gasteiger partial charge in [0.05, 0.1) is 5.69 Å². The van der Waals surface area contributed by atoms with E-state index in [9.17, 15) is 4.79 Å². The Morgan fingerprint density at radius 1 is 1.67 bits per heavy atom. The fourth-order valence-corrected chi connectivity index (χ4v) is 1.27. The average molecular weight is 211 g/mol. The number of aromatic nitrogens is 2. The molecule has 84 valence electrons. The topological polar surface area (TPSA) is 81.0 Å². The lowest BCUT2D eigenvalue weighted by atomic mass is 10.0. The zero-order valence-corrected chi connectivity index (χ0v) is 9.33. The van der Waals surface area contributed by atoms with Gasteiger partial charge in [0.25, 0.3) is 5.56 Å². The molecule has 0 bridgehead atoms. The van der Waals surface area contributed by atoms with Crippen LogP contribution in [0.5, 0.6) is 0 Å². The van der Waals surface area contributed by atoms with E-state index in [-0.39, 0.29) is 12.1 Å². The van der Waals surface area contributed by atoms with E-state index in [2.05, 4.69) is 9.97 Å². The number of hydrogen-bond donors (Lipinski definition) is 2. The Hall–Kier alpha value is -1.20. The van der Waals surface area contributed by atoms with E-state index in [1.807, 2.05) is 13.8 Å². The highest BCUT2D eigenvalue weighted by molar-refractivity contribution is 5.07. The van der Waals surface area contributed by atoms with Gasteiger partial charge in [-0.05, 0) is 13.3 Å². The van der Waals surface area contributed by atoms with Gasteiger partial charge in [-0.3, -0.25) is 4.79 Å². The van der Waals surface area contributed by atoms with E-state index < -0.39 is 5.60 Å². The summed E-state index contributed by atoms with van der Waals surface area (Å²) in [5.41, 5.74) is 5.27. The molecule has 0 saturated carbocycles. The Morgan fingerprint density at radius 3 is 2.80 bits per heavy atom. The number of methoxy groups -OCH3 is 1. The van der Waals surface area contributed by atoms with E-state index in [0.717, 1.165) is 6.42 Å². The maximum atomic E-state index is 11.3. The van der Waals surface area contributed by atoms with Crippen molar-refractivity contribution >= 4 is 0 Å². The number of rotatable bonds is 4. The SMILES string of the molecule is CCC(C)(OC)c1nc(CN)cc(=O)[nH]1. The van der Waals surface area contributed by atoms with Crippen molar-refractivity contribution in [3.8, 4) is 0 Å². The molecule has 1 rings (SSSR count). The number of aromatic amines is 1. The fourth-order valence-electron chi connectivity index (χ4n) is 1.27. The van der Waals surface area contributed by atoms with Gasteiger partial charge in [-0.25, -0.2) is 4.98 Å². The van der Waals surface area contributed by atoms with Crippen molar-refractivity contribution in [2.45, 2.75) is 32.4 Å². The molecule has 0 saturated heterocycles. The summed E-state index contributed by atoms with van der Waals surface area (Å²) < 4.78 is 5.35. The molecule has 0 aromatic carbocycles. The van der Waals surface area contributed by atoms with Crippen LogP contribution in [-0.4, -0.2) is 17.1 Å². The van der Waals surface area contributed by atoms with Gasteiger partial charge >= 0.3 is 0 Å². The number of H-pyrrole nitrogens is 1. The molecule has 0 aliphatic heterocycles. The summed E-state index contributed by atoms with van der Waals surface area (Å²) in [5, 5.41) is 0. The Kier molecular flexibility index (Phi) is 3.60. The summed E-state index contributed by atoms with van der Waals surface area (Å²) in [6.07, 6.45) is 0.723. The van der Waals surface area contributed by atoms with Crippen LogP contribution in [0.25, 0.3) is 0 Å². The Bertz CT molecular complexity index is 382. The highest BCUT2D eigenvalue weighted by Gasteiger charge is 2.27. The van der Waals surface area contributed by atoms with Crippen LogP contribution in [0, 0.1) is 0 Å². The average Bonchev–Trinajstić information content (AvgIpc) is 2.27. The summed E-state index contributed by atoms with van der Waals surface area (Å²) >= 11 is 0. The van der Waals surface area contributed by atoms with E-state index in [1.165, 1.54) is 6.07 Å². The fraction of sp³-hybridized carbons (Fsp3) is 0.600. The van der Waals surface area contributed by atoms with E-state index in [0.29, 0.717) is 11.5 Å². The second-order valence-corrected chi connectivity index (χ2v) is 3.58. The first-order valence-electron chi connectivity index (χ1n) is 4.91. The third kappa shape index (κ3) is 2.43. The molecule has 0 spiro atoms. The van der Waals surface area contributed by atoms with Gasteiger partial charge in [-0.1, -0.05) is 6.92 Å². The van der Waals surface area contributed by atoms with Crippen molar-refractivity contribution in [1.29, 1.82) is 0 Å². The Morgan fingerprint density at radius 2 is 2.33 bits per heavy atom. The summed E-state index contributed by atoms with van der Waals surface area (Å²) in [4.78, 5) is 18.3. The molecule has 0 amide bonds. The Labute approximate surface area is 88.7 Å². The molecule has 0 aliphatic carbocycles. The Balaban J connectivity index is 3.24. The monoisotopic (exact) mass is 211 g/mol. The summed E-state index contributed by atoms with van der Waals surface area (Å²) in [6, 6.07) is 1.40. The van der Waals surface area contributed by atoms with Crippen molar-refractivity contribution in [3.63, 3.8) is 0 Å². The summed E-state index contributed by atoms with van der Waals surface area (Å²) in [7, 11) is 1.60. The number of nitrogens with one attached hydrogen (secondary N) is 1. The number of hydrogen-bond acceptors (Lipinski definition) is 4. The van der Waals surface area contributed by atoms with Crippen LogP contribution in [0.1, 0.15) is 31.8 Å². The molecule has 15 heavy (non-hydrogen) atoms. The predicted octanol–water partition coefficient (Wildman–Crippen LogP) is 0.500. The normalized spacial score (nSPS) is 14.9. The molecule has 1 aromatic rings. The van der Waals surface area contributed by atoms with Gasteiger partial charge < -0.3 is 15.5 Å². The minimum atomic E-state index is -0.565. The molecule has 0 radical (unpaired) electrons. The molecule has 0 fully saturated rings. The molecule has 0 aliphatic rings. The second-order valence-electron chi connectivity index (χ2n) is 3.58. The van der Waals surface area contributed by atoms with Crippen molar-refractivity contribution < 1.29 is 4.74 Å². The van der Waals surface area contributed by atoms with Crippen molar-refractivity contribution in [3.05, 3.63) is 27.9 Å². The largest absolute Gasteiger partial charge is 0.371 e. The molecule has 1 aromatic heterocycles. The van der Waals surface area contributed by atoms with Gasteiger partial charge in [-0.15, -0.1) is 0 Å². The smallest absolute Gasteiger partial charge is 0.251 e. The quantitative estimate of drug-likeness (QED) is 0.760. The van der Waals surface area contributed by atoms with Crippen molar-refractivity contribution in [1.82, 2.24) is 9.97 Å². The van der Waals surface area contributed by atoms with Crippen LogP contribution in [0.4, 0.5) is 0 Å². The third-order valence-corrected chi connectivity index (χ3v) is 2.63. The third-order valence-electron chi connectivity index (χ3n) is 2.63. The molecule has 1 heterocycles. The van der Waals surface area contributed by atoms with E-state index in [1.54, 1.807) is 7.11 Å². The molecular weight excluding hydrogens is 194 g/mol. The molecular formula is C10H17N3O2. The van der Waals surface area contributed by atoms with Gasteiger partial charge in [0.2, 0.25) is 0 Å². The zero-order chi connectivity index (χ0) is 11.5. The van der Waals surface area contributed by atoms with Crippen LogP contribution in [0.2, 0.25) is 0 Å². The molecule has 3 N–H and O–H groups in total. The standard InChI is InChI=1S/C10H17N3O2/c1-4-10(2,15-3)9-12-7(6-11)5-8(14)13-9/h5H,4,6,11H2,1-3H3,(H,12,13,14). The maximum Gasteiger partial charge on any atom is 0.251 e. The van der Waals surface area contributed by atoms with Gasteiger partial charge in [0.1, 0.15) is 11.4 Å². The first kappa shape index (κ1) is 11.9. The number of nitrogens with zero attached hydrogens (tertiary/aromatic N) is 1. The van der Waals surface area contributed by atoms with Crippen LogP contribution in [-0.2, 0) is 16.9 Å². The molecule has 5 nitrogen and oxygen atoms in total. The van der Waals surface area contributed by atoms with Crippen LogP contribution in [0.3, 0.4) is 0 Å². The lowest BCUT2D eigenvalue weighted by molar-refractivity contribution is -0.00934. The van der Waals surface area contributed by atoms with Gasteiger partial charge in [0, 0.05) is 19.7 Å². The van der Waals surface area contributed by atoms with Crippen LogP contribution in [0.15, 0.2) is 10.9 Å². The van der Waals surface area contributed by atoms with Gasteiger partial charge in [0.15, 0.2) is 0 Å². The highest BCUT2D eigenvalue weighted by Crippen LogP contribution is 2.23.